The lowest BCUT2D eigenvalue weighted by molar-refractivity contribution is -0.204. The second kappa shape index (κ2) is 8.16. The van der Waals surface area contributed by atoms with Gasteiger partial charge in [-0.25, -0.2) is 4.79 Å². The van der Waals surface area contributed by atoms with Gasteiger partial charge in [0.15, 0.2) is 5.84 Å². The first-order chi connectivity index (χ1) is 15.0. The van der Waals surface area contributed by atoms with Gasteiger partial charge in [0.1, 0.15) is 11.3 Å². The summed E-state index contributed by atoms with van der Waals surface area (Å²) in [5.41, 5.74) is 6.83. The van der Waals surface area contributed by atoms with Gasteiger partial charge in [0.05, 0.1) is 0 Å². The molecule has 7 heteroatoms. The van der Waals surface area contributed by atoms with Crippen molar-refractivity contribution in [1.29, 1.82) is 0 Å². The van der Waals surface area contributed by atoms with Crippen molar-refractivity contribution in [3.05, 3.63) is 113 Å². The average molecular weight is 414 g/mol. The molecule has 3 aromatic carbocycles. The fourth-order valence-corrected chi connectivity index (χ4v) is 3.24. The Morgan fingerprint density at radius 1 is 0.839 bits per heavy atom. The van der Waals surface area contributed by atoms with E-state index in [4.69, 9.17) is 15.3 Å². The van der Waals surface area contributed by atoms with Gasteiger partial charge in [0.2, 0.25) is 0 Å². The van der Waals surface area contributed by atoms with Crippen LogP contribution in [0.2, 0.25) is 0 Å². The summed E-state index contributed by atoms with van der Waals surface area (Å²) in [7, 11) is 0. The van der Waals surface area contributed by atoms with Crippen molar-refractivity contribution in [3.63, 3.8) is 0 Å². The molecule has 0 amide bonds. The van der Waals surface area contributed by atoms with Gasteiger partial charge in [0.25, 0.3) is 5.78 Å². The third kappa shape index (κ3) is 3.64. The lowest BCUT2D eigenvalue weighted by Crippen LogP contribution is -2.32. The fourth-order valence-electron chi connectivity index (χ4n) is 3.24. The van der Waals surface area contributed by atoms with E-state index in [1.165, 1.54) is 0 Å². The fraction of sp³-hybridized carbons (Fsp3) is 0.0417. The van der Waals surface area contributed by atoms with Gasteiger partial charge in [-0.05, 0) is 0 Å². The Morgan fingerprint density at radius 3 is 1.94 bits per heavy atom. The molecule has 0 aliphatic carbocycles. The van der Waals surface area contributed by atoms with Crippen LogP contribution in [-0.4, -0.2) is 22.7 Å². The molecule has 1 unspecified atom stereocenters. The molecule has 1 atom stereocenters. The van der Waals surface area contributed by atoms with Gasteiger partial charge in [-0.1, -0.05) is 96.2 Å². The summed E-state index contributed by atoms with van der Waals surface area (Å²) in [6.45, 7) is 0. The van der Waals surface area contributed by atoms with Crippen LogP contribution < -0.4 is 5.73 Å². The number of esters is 1. The second-order valence-electron chi connectivity index (χ2n) is 6.72. The topological polar surface area (TPSA) is 111 Å². The molecule has 1 heterocycles. The van der Waals surface area contributed by atoms with E-state index < -0.39 is 23.3 Å². The van der Waals surface area contributed by atoms with Gasteiger partial charge in [0, 0.05) is 16.7 Å². The van der Waals surface area contributed by atoms with Crippen LogP contribution in [0.15, 0.2) is 102 Å². The molecule has 1 fully saturated rings. The van der Waals surface area contributed by atoms with Crippen LogP contribution in [0.3, 0.4) is 0 Å². The lowest BCUT2D eigenvalue weighted by atomic mass is 9.93. The third-order valence-electron chi connectivity index (χ3n) is 4.76. The van der Waals surface area contributed by atoms with E-state index in [1.807, 2.05) is 6.07 Å². The first-order valence-corrected chi connectivity index (χ1v) is 9.42. The standard InChI is InChI=1S/C24H18N2O5/c25-22(17-12-6-2-7-13-17)26-31-24(18-14-8-3-9-15-18)19(21(28)23(29)30-24)20(27)16-10-4-1-5-11-16/h1-15,27H,(H2,25,26). The number of aliphatic hydroxyl groups is 1. The highest BCUT2D eigenvalue weighted by atomic mass is 16.8. The van der Waals surface area contributed by atoms with Crippen LogP contribution in [0.25, 0.3) is 5.76 Å². The summed E-state index contributed by atoms with van der Waals surface area (Å²) < 4.78 is 5.40. The smallest absolute Gasteiger partial charge is 0.383 e. The molecule has 0 saturated carbocycles. The molecule has 4 rings (SSSR count). The van der Waals surface area contributed by atoms with Crippen molar-refractivity contribution >= 4 is 23.3 Å². The summed E-state index contributed by atoms with van der Waals surface area (Å²) in [4.78, 5) is 30.8. The molecule has 1 saturated heterocycles. The zero-order valence-electron chi connectivity index (χ0n) is 16.3. The van der Waals surface area contributed by atoms with Crippen molar-refractivity contribution in [2.45, 2.75) is 5.79 Å². The van der Waals surface area contributed by atoms with Crippen molar-refractivity contribution in [1.82, 2.24) is 0 Å². The molecule has 0 spiro atoms. The number of nitrogens with zero attached hydrogens (tertiary/aromatic N) is 1. The first-order valence-electron chi connectivity index (χ1n) is 9.42. The van der Waals surface area contributed by atoms with Crippen molar-refractivity contribution < 1.29 is 24.3 Å². The molecule has 1 aliphatic heterocycles. The number of rotatable bonds is 5. The third-order valence-corrected chi connectivity index (χ3v) is 4.76. The van der Waals surface area contributed by atoms with E-state index in [-0.39, 0.29) is 17.0 Å². The number of amidine groups is 1. The average Bonchev–Trinajstić information content (AvgIpc) is 3.09. The lowest BCUT2D eigenvalue weighted by Gasteiger charge is -2.26. The van der Waals surface area contributed by atoms with Crippen LogP contribution in [0.4, 0.5) is 0 Å². The number of hydrogen-bond donors (Lipinski definition) is 2. The highest BCUT2D eigenvalue weighted by Crippen LogP contribution is 2.44. The Bertz CT molecular complexity index is 1170. The van der Waals surface area contributed by atoms with Gasteiger partial charge >= 0.3 is 11.8 Å². The van der Waals surface area contributed by atoms with Gasteiger partial charge < -0.3 is 20.4 Å². The van der Waals surface area contributed by atoms with Crippen molar-refractivity contribution in [2.24, 2.45) is 10.9 Å². The maximum atomic E-state index is 12.8. The summed E-state index contributed by atoms with van der Waals surface area (Å²) >= 11 is 0. The number of oxime groups is 1. The van der Waals surface area contributed by atoms with Gasteiger partial charge in [-0.15, -0.1) is 0 Å². The molecule has 31 heavy (non-hydrogen) atoms. The number of hydrogen-bond acceptors (Lipinski definition) is 6. The number of ether oxygens (including phenoxy) is 1. The van der Waals surface area contributed by atoms with E-state index in [1.54, 1.807) is 84.9 Å². The first kappa shape index (κ1) is 19.9. The van der Waals surface area contributed by atoms with Gasteiger partial charge in [-0.2, -0.15) is 0 Å². The molecular formula is C24H18N2O5. The summed E-state index contributed by atoms with van der Waals surface area (Å²) in [5, 5.41) is 14.9. The molecule has 0 aromatic heterocycles. The minimum atomic E-state index is -2.10. The maximum Gasteiger partial charge on any atom is 0.383 e. The van der Waals surface area contributed by atoms with Crippen LogP contribution in [0, 0.1) is 0 Å². The van der Waals surface area contributed by atoms with E-state index in [2.05, 4.69) is 5.16 Å². The highest BCUT2D eigenvalue weighted by molar-refractivity contribution is 6.44. The highest BCUT2D eigenvalue weighted by Gasteiger charge is 2.58. The van der Waals surface area contributed by atoms with Crippen LogP contribution in [0.1, 0.15) is 16.7 Å². The summed E-state index contributed by atoms with van der Waals surface area (Å²) in [6, 6.07) is 25.4. The molecule has 0 bridgehead atoms. The monoisotopic (exact) mass is 414 g/mol. The number of carbonyl (C=O) groups excluding carboxylic acids is 2. The molecule has 7 nitrogen and oxygen atoms in total. The van der Waals surface area contributed by atoms with E-state index >= 15 is 0 Å². The van der Waals surface area contributed by atoms with Crippen LogP contribution in [-0.2, 0) is 25.0 Å². The Balaban J connectivity index is 1.90. The molecule has 154 valence electrons. The predicted octanol–water partition coefficient (Wildman–Crippen LogP) is 3.27. The second-order valence-corrected chi connectivity index (χ2v) is 6.72. The van der Waals surface area contributed by atoms with Crippen molar-refractivity contribution in [2.75, 3.05) is 0 Å². The SMILES string of the molecule is NC(=NOC1(c2ccccc2)OC(=O)C(=O)C1=C(O)c1ccccc1)c1ccccc1. The molecule has 0 radical (unpaired) electrons. The maximum absolute atomic E-state index is 12.8. The quantitative estimate of drug-likeness (QED) is 0.126. The Labute approximate surface area is 178 Å². The largest absolute Gasteiger partial charge is 0.507 e. The van der Waals surface area contributed by atoms with Gasteiger partial charge in [-0.3, -0.25) is 4.79 Å². The number of ketones is 1. The Hall–Kier alpha value is -4.39. The predicted molar refractivity (Wildman–Crippen MR) is 113 cm³/mol. The van der Waals surface area contributed by atoms with Crippen molar-refractivity contribution in [3.8, 4) is 0 Å². The molecule has 3 N–H and O–H groups in total. The zero-order chi connectivity index (χ0) is 21.8. The number of Topliss-reactive ketones (excluding diaryl/α,β-unsaturated/α-hetero) is 1. The summed E-state index contributed by atoms with van der Waals surface area (Å²) in [5.74, 6) is -4.75. The molecular weight excluding hydrogens is 396 g/mol. The Morgan fingerprint density at radius 2 is 1.35 bits per heavy atom. The number of aliphatic hydroxyl groups excluding tert-OH is 1. The number of nitrogens with two attached hydrogens (primary N) is 1. The normalized spacial score (nSPS) is 20.3. The minimum Gasteiger partial charge on any atom is -0.507 e. The minimum absolute atomic E-state index is 0.00450. The number of carbonyl (C=O) groups is 2. The molecule has 3 aromatic rings. The van der Waals surface area contributed by atoms with E-state index in [0.29, 0.717) is 11.1 Å². The zero-order valence-corrected chi connectivity index (χ0v) is 16.3. The number of cyclic esters (lactones) is 1. The van der Waals surface area contributed by atoms with E-state index in [0.717, 1.165) is 0 Å². The number of benzene rings is 3. The van der Waals surface area contributed by atoms with Crippen LogP contribution in [0.5, 0.6) is 0 Å². The van der Waals surface area contributed by atoms with Crippen LogP contribution >= 0.6 is 0 Å². The summed E-state index contributed by atoms with van der Waals surface area (Å²) in [6.07, 6.45) is 0. The Kier molecular flexibility index (Phi) is 5.24. The molecule has 1 aliphatic rings. The van der Waals surface area contributed by atoms with E-state index in [9.17, 15) is 14.7 Å².